The first-order valence-electron chi connectivity index (χ1n) is 6.30. The zero-order chi connectivity index (χ0) is 16.2. The Morgan fingerprint density at radius 1 is 1.00 bits per heavy atom. The van der Waals surface area contributed by atoms with E-state index in [1.165, 1.54) is 0 Å². The molecule has 0 spiro atoms. The Balaban J connectivity index is 3.31. The van der Waals surface area contributed by atoms with Crippen LogP contribution < -0.4 is 5.32 Å². The van der Waals surface area contributed by atoms with E-state index in [2.05, 4.69) is 5.32 Å². The predicted molar refractivity (Wildman–Crippen MR) is 74.3 cm³/mol. The Kier molecular flexibility index (Phi) is 5.42. The maximum atomic E-state index is 12.3. The number of benzene rings is 1. The number of carboxylic acid groups (broad SMARTS) is 1. The number of carbonyl (C=O) groups excluding carboxylic acids is 1. The summed E-state index contributed by atoms with van der Waals surface area (Å²) in [6, 6.07) is 3.20. The SMILES string of the molecule is Cc1ccc(C)c(C(=O)NC(CO)(CO)CO)c1C(=O)O. The summed E-state index contributed by atoms with van der Waals surface area (Å²) in [6.45, 7) is 1.10. The minimum atomic E-state index is -1.61. The lowest BCUT2D eigenvalue weighted by atomic mass is 9.95. The Morgan fingerprint density at radius 3 is 1.81 bits per heavy atom. The van der Waals surface area contributed by atoms with Crippen molar-refractivity contribution in [1.29, 1.82) is 0 Å². The van der Waals surface area contributed by atoms with Crippen LogP contribution in [0.25, 0.3) is 0 Å². The van der Waals surface area contributed by atoms with E-state index >= 15 is 0 Å². The van der Waals surface area contributed by atoms with Crippen LogP contribution in [0, 0.1) is 13.8 Å². The van der Waals surface area contributed by atoms with Crippen LogP contribution in [0.3, 0.4) is 0 Å². The number of hydrogen-bond donors (Lipinski definition) is 5. The number of carbonyl (C=O) groups is 2. The van der Waals surface area contributed by atoms with Crippen LogP contribution in [0.5, 0.6) is 0 Å². The maximum Gasteiger partial charge on any atom is 0.336 e. The largest absolute Gasteiger partial charge is 0.478 e. The van der Waals surface area contributed by atoms with E-state index in [4.69, 9.17) is 0 Å². The van der Waals surface area contributed by atoms with Gasteiger partial charge in [0, 0.05) is 0 Å². The molecule has 0 heterocycles. The van der Waals surface area contributed by atoms with Crippen molar-refractivity contribution in [3.63, 3.8) is 0 Å². The van der Waals surface area contributed by atoms with E-state index in [0.717, 1.165) is 0 Å². The smallest absolute Gasteiger partial charge is 0.336 e. The molecule has 0 aliphatic carbocycles. The molecule has 0 saturated heterocycles. The number of carboxylic acids is 1. The first-order valence-corrected chi connectivity index (χ1v) is 6.30. The topological polar surface area (TPSA) is 127 Å². The third kappa shape index (κ3) is 3.38. The number of aromatic carboxylic acids is 1. The monoisotopic (exact) mass is 297 g/mol. The molecule has 0 aliphatic rings. The van der Waals surface area contributed by atoms with Crippen LogP contribution in [0.2, 0.25) is 0 Å². The van der Waals surface area contributed by atoms with Crippen molar-refractivity contribution >= 4 is 11.9 Å². The van der Waals surface area contributed by atoms with Gasteiger partial charge in [0.15, 0.2) is 0 Å². The lowest BCUT2D eigenvalue weighted by molar-refractivity contribution is 0.0373. The van der Waals surface area contributed by atoms with Gasteiger partial charge in [0.05, 0.1) is 30.9 Å². The minimum absolute atomic E-state index is 0.0535. The van der Waals surface area contributed by atoms with E-state index in [1.807, 2.05) is 0 Å². The number of aliphatic hydroxyl groups excluding tert-OH is 3. The molecule has 1 rings (SSSR count). The second kappa shape index (κ2) is 6.66. The molecule has 0 aromatic heterocycles. The standard InChI is InChI=1S/C14H19NO6/c1-8-3-4-9(2)11(13(20)21)10(8)12(19)15-14(5-16,6-17)7-18/h3-4,16-18H,5-7H2,1-2H3,(H,15,19)(H,20,21). The molecule has 7 heteroatoms. The van der Waals surface area contributed by atoms with Gasteiger partial charge in [-0.2, -0.15) is 0 Å². The highest BCUT2D eigenvalue weighted by Crippen LogP contribution is 2.20. The fraction of sp³-hybridized carbons (Fsp3) is 0.429. The number of rotatable bonds is 6. The van der Waals surface area contributed by atoms with Crippen molar-refractivity contribution in [3.05, 3.63) is 34.4 Å². The van der Waals surface area contributed by atoms with Crippen molar-refractivity contribution in [2.75, 3.05) is 19.8 Å². The zero-order valence-electron chi connectivity index (χ0n) is 11.9. The van der Waals surface area contributed by atoms with Gasteiger partial charge in [-0.1, -0.05) is 12.1 Å². The summed E-state index contributed by atoms with van der Waals surface area (Å²) in [5, 5.41) is 39.2. The lowest BCUT2D eigenvalue weighted by Gasteiger charge is -2.29. The van der Waals surface area contributed by atoms with Crippen LogP contribution in [0.4, 0.5) is 0 Å². The van der Waals surface area contributed by atoms with Crippen LogP contribution in [-0.2, 0) is 0 Å². The molecular weight excluding hydrogens is 278 g/mol. The van der Waals surface area contributed by atoms with Gasteiger partial charge in [0.25, 0.3) is 5.91 Å². The molecule has 5 N–H and O–H groups in total. The molecule has 0 bridgehead atoms. The summed E-state index contributed by atoms with van der Waals surface area (Å²) in [7, 11) is 0. The highest BCUT2D eigenvalue weighted by Gasteiger charge is 2.32. The minimum Gasteiger partial charge on any atom is -0.478 e. The van der Waals surface area contributed by atoms with Gasteiger partial charge in [-0.3, -0.25) is 4.79 Å². The Labute approximate surface area is 121 Å². The van der Waals surface area contributed by atoms with Crippen LogP contribution in [0.15, 0.2) is 12.1 Å². The number of aryl methyl sites for hydroxylation is 2. The lowest BCUT2D eigenvalue weighted by Crippen LogP contribution is -2.57. The summed E-state index contributed by atoms with van der Waals surface area (Å²) in [6.07, 6.45) is 0. The Hall–Kier alpha value is -1.96. The molecule has 1 amide bonds. The number of hydrogen-bond acceptors (Lipinski definition) is 5. The van der Waals surface area contributed by atoms with Crippen molar-refractivity contribution in [1.82, 2.24) is 5.32 Å². The normalized spacial score (nSPS) is 11.3. The zero-order valence-corrected chi connectivity index (χ0v) is 11.9. The highest BCUT2D eigenvalue weighted by atomic mass is 16.4. The summed E-state index contributed by atoms with van der Waals surface area (Å²) >= 11 is 0. The molecule has 7 nitrogen and oxygen atoms in total. The molecule has 116 valence electrons. The summed E-state index contributed by atoms with van der Waals surface area (Å²) in [5.74, 6) is -2.02. The highest BCUT2D eigenvalue weighted by molar-refractivity contribution is 6.07. The molecule has 0 atom stereocenters. The van der Waals surface area contributed by atoms with E-state index < -0.39 is 37.2 Å². The number of aliphatic hydroxyl groups is 3. The first kappa shape index (κ1) is 17.1. The van der Waals surface area contributed by atoms with Gasteiger partial charge in [-0.25, -0.2) is 4.79 Å². The summed E-state index contributed by atoms with van der Waals surface area (Å²) in [5.41, 5.74) is -0.945. The quantitative estimate of drug-likeness (QED) is 0.479. The van der Waals surface area contributed by atoms with E-state index in [1.54, 1.807) is 26.0 Å². The average molecular weight is 297 g/mol. The van der Waals surface area contributed by atoms with Crippen LogP contribution >= 0.6 is 0 Å². The second-order valence-corrected chi connectivity index (χ2v) is 4.96. The number of amides is 1. The molecule has 0 aliphatic heterocycles. The second-order valence-electron chi connectivity index (χ2n) is 4.96. The van der Waals surface area contributed by atoms with Crippen molar-refractivity contribution in [2.24, 2.45) is 0 Å². The van der Waals surface area contributed by atoms with Crippen molar-refractivity contribution in [2.45, 2.75) is 19.4 Å². The molecule has 0 unspecified atom stereocenters. The van der Waals surface area contributed by atoms with Gasteiger partial charge in [-0.15, -0.1) is 0 Å². The van der Waals surface area contributed by atoms with Gasteiger partial charge < -0.3 is 25.7 Å². The van der Waals surface area contributed by atoms with Gasteiger partial charge in [-0.05, 0) is 25.0 Å². The number of nitrogens with one attached hydrogen (secondary N) is 1. The molecule has 1 aromatic rings. The average Bonchev–Trinajstić information content (AvgIpc) is 2.46. The van der Waals surface area contributed by atoms with Crippen LogP contribution in [0.1, 0.15) is 31.8 Å². The molecule has 0 saturated carbocycles. The van der Waals surface area contributed by atoms with Gasteiger partial charge in [0.1, 0.15) is 5.54 Å². The Morgan fingerprint density at radius 2 is 1.43 bits per heavy atom. The fourth-order valence-electron chi connectivity index (χ4n) is 1.95. The van der Waals surface area contributed by atoms with Gasteiger partial charge in [0.2, 0.25) is 0 Å². The van der Waals surface area contributed by atoms with Crippen molar-refractivity contribution < 1.29 is 30.0 Å². The third-order valence-corrected chi connectivity index (χ3v) is 3.35. The first-order chi connectivity index (χ1) is 9.81. The van der Waals surface area contributed by atoms with E-state index in [-0.39, 0.29) is 11.1 Å². The van der Waals surface area contributed by atoms with Crippen LogP contribution in [-0.4, -0.2) is 57.7 Å². The molecule has 1 aromatic carbocycles. The van der Waals surface area contributed by atoms with E-state index in [0.29, 0.717) is 11.1 Å². The third-order valence-electron chi connectivity index (χ3n) is 3.35. The van der Waals surface area contributed by atoms with E-state index in [9.17, 15) is 30.0 Å². The molecule has 0 fully saturated rings. The Bertz CT molecular complexity index is 542. The van der Waals surface area contributed by atoms with Crippen molar-refractivity contribution in [3.8, 4) is 0 Å². The maximum absolute atomic E-state index is 12.3. The molecule has 0 radical (unpaired) electrons. The fourth-order valence-corrected chi connectivity index (χ4v) is 1.95. The summed E-state index contributed by atoms with van der Waals surface area (Å²) in [4.78, 5) is 23.7. The summed E-state index contributed by atoms with van der Waals surface area (Å²) < 4.78 is 0. The molecular formula is C14H19NO6. The van der Waals surface area contributed by atoms with Gasteiger partial charge >= 0.3 is 5.97 Å². The molecule has 21 heavy (non-hydrogen) atoms. The predicted octanol–water partition coefficient (Wildman–Crippen LogP) is -0.553.